The molecule has 1 heterocycles. The summed E-state index contributed by atoms with van der Waals surface area (Å²) in [6.45, 7) is 4.23. The smallest absolute Gasteiger partial charge is 0.183 e. The fourth-order valence-electron chi connectivity index (χ4n) is 1.86. The maximum Gasteiger partial charge on any atom is 0.183 e. The van der Waals surface area contributed by atoms with E-state index in [0.717, 1.165) is 38.0 Å². The molecule has 0 radical (unpaired) electrons. The molecule has 2 aliphatic rings. The molecule has 1 fully saturated rings. The molecule has 1 aliphatic carbocycles. The molecule has 0 aromatic carbocycles. The summed E-state index contributed by atoms with van der Waals surface area (Å²) in [7, 11) is 1.68. The first-order valence-electron chi connectivity index (χ1n) is 5.74. The van der Waals surface area contributed by atoms with E-state index in [1.165, 1.54) is 0 Å². The quantitative estimate of drug-likeness (QED) is 0.617. The summed E-state index contributed by atoms with van der Waals surface area (Å²) in [6.07, 6.45) is 4.97. The van der Waals surface area contributed by atoms with Crippen LogP contribution in [0.1, 0.15) is 46.0 Å². The fraction of sp³-hybridized carbons (Fsp3) is 0.833. The topological polar surface area (TPSA) is 38.7 Å². The summed E-state index contributed by atoms with van der Waals surface area (Å²) >= 11 is 0. The van der Waals surface area contributed by atoms with Crippen LogP contribution in [-0.2, 0) is 9.53 Å². The molecule has 86 valence electrons. The van der Waals surface area contributed by atoms with Crippen LogP contribution >= 0.6 is 0 Å². The Morgan fingerprint density at radius 1 is 1.27 bits per heavy atom. The van der Waals surface area contributed by atoms with Gasteiger partial charge in [0.1, 0.15) is 5.78 Å². The number of aliphatic imine (C=N–C) groups is 1. The number of Topliss-reactive ketones (excluding diaryl/α,β-unsaturated/α-hetero) is 1. The molecule has 0 unspecified atom stereocenters. The molecule has 2 atom stereocenters. The van der Waals surface area contributed by atoms with E-state index in [2.05, 4.69) is 18.8 Å². The van der Waals surface area contributed by atoms with Crippen LogP contribution in [0.3, 0.4) is 0 Å². The van der Waals surface area contributed by atoms with Crippen molar-refractivity contribution in [3.8, 4) is 0 Å². The Bertz CT molecular complexity index is 248. The van der Waals surface area contributed by atoms with Crippen LogP contribution in [0.4, 0.5) is 0 Å². The van der Waals surface area contributed by atoms with E-state index in [-0.39, 0.29) is 0 Å². The normalized spacial score (nSPS) is 29.5. The summed E-state index contributed by atoms with van der Waals surface area (Å²) in [4.78, 5) is 14.7. The lowest BCUT2D eigenvalue weighted by molar-refractivity contribution is -0.117. The van der Waals surface area contributed by atoms with Crippen LogP contribution in [0, 0.1) is 5.92 Å². The van der Waals surface area contributed by atoms with Gasteiger partial charge in [-0.15, -0.1) is 0 Å². The van der Waals surface area contributed by atoms with Gasteiger partial charge in [0.05, 0.1) is 13.2 Å². The molecular formula is C12H21NO2. The average Bonchev–Trinajstić information content (AvgIpc) is 2.76. The number of methoxy groups -OCH3 is 1. The summed E-state index contributed by atoms with van der Waals surface area (Å²) in [5, 5.41) is 0. The monoisotopic (exact) mass is 211 g/mol. The molecule has 2 rings (SSSR count). The van der Waals surface area contributed by atoms with E-state index < -0.39 is 0 Å². The Morgan fingerprint density at radius 3 is 2.20 bits per heavy atom. The van der Waals surface area contributed by atoms with Crippen molar-refractivity contribution < 1.29 is 9.53 Å². The summed E-state index contributed by atoms with van der Waals surface area (Å²) in [6, 6.07) is 0.491. The van der Waals surface area contributed by atoms with Crippen LogP contribution in [0.25, 0.3) is 0 Å². The number of nitrogens with zero attached hydrogens (tertiary/aromatic N) is 1. The Hall–Kier alpha value is -0.860. The third kappa shape index (κ3) is 4.45. The van der Waals surface area contributed by atoms with Gasteiger partial charge in [0.2, 0.25) is 0 Å². The van der Waals surface area contributed by atoms with Gasteiger partial charge < -0.3 is 4.74 Å². The summed E-state index contributed by atoms with van der Waals surface area (Å²) < 4.78 is 4.93. The molecule has 0 aromatic rings. The van der Waals surface area contributed by atoms with E-state index in [4.69, 9.17) is 4.74 Å². The first-order chi connectivity index (χ1) is 7.11. The molecule has 3 nitrogen and oxygen atoms in total. The Kier molecular flexibility index (Phi) is 4.79. The zero-order chi connectivity index (χ0) is 11.3. The lowest BCUT2D eigenvalue weighted by Crippen LogP contribution is -1.93. The highest BCUT2D eigenvalue weighted by molar-refractivity contribution is 5.80. The van der Waals surface area contributed by atoms with Gasteiger partial charge in [0.25, 0.3) is 0 Å². The van der Waals surface area contributed by atoms with Gasteiger partial charge >= 0.3 is 0 Å². The minimum Gasteiger partial charge on any atom is -0.484 e. The van der Waals surface area contributed by atoms with Gasteiger partial charge in [-0.2, -0.15) is 0 Å². The highest BCUT2D eigenvalue weighted by Gasteiger charge is 2.16. The van der Waals surface area contributed by atoms with E-state index in [1.807, 2.05) is 0 Å². The van der Waals surface area contributed by atoms with E-state index in [1.54, 1.807) is 7.11 Å². The fourth-order valence-corrected chi connectivity index (χ4v) is 1.86. The second-order valence-electron chi connectivity index (χ2n) is 4.50. The van der Waals surface area contributed by atoms with Crippen LogP contribution in [-0.4, -0.2) is 24.8 Å². The zero-order valence-corrected chi connectivity index (χ0v) is 9.95. The minimum absolute atomic E-state index is 0.451. The van der Waals surface area contributed by atoms with Crippen molar-refractivity contribution in [1.29, 1.82) is 0 Å². The largest absolute Gasteiger partial charge is 0.484 e. The summed E-state index contributed by atoms with van der Waals surface area (Å²) in [5.74, 6) is 2.04. The zero-order valence-electron chi connectivity index (χ0n) is 9.95. The molecule has 0 bridgehead atoms. The van der Waals surface area contributed by atoms with Crippen molar-refractivity contribution in [3.05, 3.63) is 0 Å². The Morgan fingerprint density at radius 2 is 2.00 bits per heavy atom. The lowest BCUT2D eigenvalue weighted by Gasteiger charge is -1.92. The number of ether oxygens (including phenoxy) is 1. The highest BCUT2D eigenvalue weighted by Crippen LogP contribution is 2.19. The van der Waals surface area contributed by atoms with Crippen molar-refractivity contribution >= 4 is 11.7 Å². The van der Waals surface area contributed by atoms with E-state index in [0.29, 0.717) is 17.7 Å². The Labute approximate surface area is 91.9 Å². The molecule has 0 aromatic heterocycles. The van der Waals surface area contributed by atoms with E-state index >= 15 is 0 Å². The average molecular weight is 211 g/mol. The van der Waals surface area contributed by atoms with Crippen molar-refractivity contribution in [2.24, 2.45) is 10.9 Å². The Balaban J connectivity index is 0.000000151. The van der Waals surface area contributed by atoms with E-state index in [9.17, 15) is 4.79 Å². The van der Waals surface area contributed by atoms with Crippen LogP contribution in [0.2, 0.25) is 0 Å². The molecular weight excluding hydrogens is 190 g/mol. The van der Waals surface area contributed by atoms with Gasteiger partial charge in [-0.25, -0.2) is 0 Å². The van der Waals surface area contributed by atoms with Gasteiger partial charge in [-0.05, 0) is 25.7 Å². The SMILES string of the molecule is COC1=N[C@H](C)CC1.C[C@@H]1CCC(=O)C1. The van der Waals surface area contributed by atoms with Gasteiger partial charge in [0.15, 0.2) is 5.90 Å². The van der Waals surface area contributed by atoms with Crippen LogP contribution in [0.15, 0.2) is 4.99 Å². The molecule has 0 amide bonds. The van der Waals surface area contributed by atoms with Gasteiger partial charge in [-0.1, -0.05) is 6.92 Å². The predicted octanol–water partition coefficient (Wildman–Crippen LogP) is 2.59. The maximum absolute atomic E-state index is 10.5. The number of hydrogen-bond acceptors (Lipinski definition) is 3. The molecule has 0 N–H and O–H groups in total. The molecule has 15 heavy (non-hydrogen) atoms. The van der Waals surface area contributed by atoms with Crippen molar-refractivity contribution in [2.75, 3.05) is 7.11 Å². The third-order valence-electron chi connectivity index (χ3n) is 2.87. The molecule has 0 saturated heterocycles. The maximum atomic E-state index is 10.5. The van der Waals surface area contributed by atoms with Crippen molar-refractivity contribution in [1.82, 2.24) is 0 Å². The van der Waals surface area contributed by atoms with Gasteiger partial charge in [0, 0.05) is 19.3 Å². The highest BCUT2D eigenvalue weighted by atomic mass is 16.5. The molecule has 3 heteroatoms. The standard InChI is InChI=1S/C6H11NO.C6H10O/c1-5-3-4-6(7-5)8-2;1-5-2-3-6(7)4-5/h5H,3-4H2,1-2H3;5H,2-4H2,1H3/t2*5-/m11/s1. The summed E-state index contributed by atoms with van der Waals surface area (Å²) in [5.41, 5.74) is 0. The number of hydrogen-bond donors (Lipinski definition) is 0. The number of carbonyl (C=O) groups excluding carboxylic acids is 1. The van der Waals surface area contributed by atoms with Gasteiger partial charge in [-0.3, -0.25) is 9.79 Å². The molecule has 1 aliphatic heterocycles. The van der Waals surface area contributed by atoms with Crippen LogP contribution < -0.4 is 0 Å². The van der Waals surface area contributed by atoms with Crippen molar-refractivity contribution in [2.45, 2.75) is 52.0 Å². The minimum atomic E-state index is 0.451. The first-order valence-corrected chi connectivity index (χ1v) is 5.74. The third-order valence-corrected chi connectivity index (χ3v) is 2.87. The second kappa shape index (κ2) is 5.89. The predicted molar refractivity (Wildman–Crippen MR) is 61.2 cm³/mol. The second-order valence-corrected chi connectivity index (χ2v) is 4.50. The van der Waals surface area contributed by atoms with Crippen molar-refractivity contribution in [3.63, 3.8) is 0 Å². The molecule has 1 saturated carbocycles. The lowest BCUT2D eigenvalue weighted by atomic mass is 10.1. The number of carbonyl (C=O) groups is 1. The molecule has 0 spiro atoms. The number of rotatable bonds is 0. The number of ketones is 1. The van der Waals surface area contributed by atoms with Crippen LogP contribution in [0.5, 0.6) is 0 Å². The first kappa shape index (κ1) is 12.2.